The molecule has 1 fully saturated rings. The van der Waals surface area contributed by atoms with Crippen molar-refractivity contribution in [1.82, 2.24) is 0 Å². The molecule has 1 aliphatic heterocycles. The Balaban J connectivity index is 2.27. The van der Waals surface area contributed by atoms with Crippen molar-refractivity contribution in [2.24, 2.45) is 5.41 Å². The molecule has 0 saturated carbocycles. The molecule has 23 heavy (non-hydrogen) atoms. The number of aliphatic hydroxyl groups is 1. The third-order valence-corrected chi connectivity index (χ3v) is 5.79. The van der Waals surface area contributed by atoms with Gasteiger partial charge < -0.3 is 10.0 Å². The lowest BCUT2D eigenvalue weighted by Crippen LogP contribution is -3.12. The van der Waals surface area contributed by atoms with Gasteiger partial charge in [0, 0.05) is 5.41 Å². The van der Waals surface area contributed by atoms with E-state index in [2.05, 4.69) is 32.6 Å². The largest absolute Gasteiger partial charge is 0.373 e. The molecule has 2 nitrogen and oxygen atoms in total. The number of likely N-dealkylation sites (tertiary alicyclic amines) is 1. The van der Waals surface area contributed by atoms with Crippen LogP contribution in [0.1, 0.15) is 58.4 Å². The molecule has 1 atom stereocenters. The van der Waals surface area contributed by atoms with Crippen LogP contribution in [0.25, 0.3) is 0 Å². The summed E-state index contributed by atoms with van der Waals surface area (Å²) in [6, 6.07) is 9.98. The van der Waals surface area contributed by atoms with Gasteiger partial charge in [-0.25, -0.2) is 0 Å². The van der Waals surface area contributed by atoms with E-state index in [-0.39, 0.29) is 5.41 Å². The van der Waals surface area contributed by atoms with Crippen LogP contribution in [-0.4, -0.2) is 24.7 Å². The van der Waals surface area contributed by atoms with Crippen LogP contribution in [0.3, 0.4) is 0 Å². The molecule has 0 amide bonds. The number of rotatable bonds is 5. The normalized spacial score (nSPS) is 18.8. The average Bonchev–Trinajstić information content (AvgIpc) is 2.62. The second-order valence-electron chi connectivity index (χ2n) is 7.13. The number of quaternary nitrogens is 1. The maximum atomic E-state index is 11.5. The lowest BCUT2D eigenvalue weighted by atomic mass is 9.66. The van der Waals surface area contributed by atoms with Gasteiger partial charge in [-0.3, -0.25) is 0 Å². The van der Waals surface area contributed by atoms with E-state index in [1.165, 1.54) is 32.4 Å². The van der Waals surface area contributed by atoms with Gasteiger partial charge in [0.15, 0.2) is 5.60 Å². The van der Waals surface area contributed by atoms with Crippen LogP contribution in [0.15, 0.2) is 30.3 Å². The maximum Gasteiger partial charge on any atom is 0.156 e. The van der Waals surface area contributed by atoms with E-state index in [0.29, 0.717) is 0 Å². The Morgan fingerprint density at radius 3 is 2.22 bits per heavy atom. The van der Waals surface area contributed by atoms with Crippen molar-refractivity contribution in [3.8, 4) is 11.8 Å². The number of nitrogens with one attached hydrogen (secondary N) is 1. The maximum absolute atomic E-state index is 11.5. The van der Waals surface area contributed by atoms with E-state index in [9.17, 15) is 5.11 Å². The Morgan fingerprint density at radius 2 is 1.65 bits per heavy atom. The molecule has 1 aromatic carbocycles. The summed E-state index contributed by atoms with van der Waals surface area (Å²) in [7, 11) is 0. The van der Waals surface area contributed by atoms with Crippen molar-refractivity contribution >= 4 is 0 Å². The minimum absolute atomic E-state index is 0.238. The molecule has 2 heteroatoms. The van der Waals surface area contributed by atoms with E-state index < -0.39 is 5.60 Å². The van der Waals surface area contributed by atoms with Gasteiger partial charge in [-0.1, -0.05) is 57.0 Å². The fraction of sp³-hybridized carbons (Fsp3) is 0.619. The van der Waals surface area contributed by atoms with Gasteiger partial charge in [0.25, 0.3) is 0 Å². The van der Waals surface area contributed by atoms with Gasteiger partial charge in [-0.2, -0.15) is 0 Å². The number of hydrogen-bond acceptors (Lipinski definition) is 1. The molecule has 0 unspecified atom stereocenters. The van der Waals surface area contributed by atoms with Crippen LogP contribution in [-0.2, 0) is 5.60 Å². The smallest absolute Gasteiger partial charge is 0.156 e. The minimum Gasteiger partial charge on any atom is -0.373 e. The summed E-state index contributed by atoms with van der Waals surface area (Å²) >= 11 is 0. The lowest BCUT2D eigenvalue weighted by Gasteiger charge is -2.41. The van der Waals surface area contributed by atoms with Gasteiger partial charge in [-0.15, -0.1) is 0 Å². The van der Waals surface area contributed by atoms with Crippen molar-refractivity contribution in [3.63, 3.8) is 0 Å². The molecule has 1 aliphatic rings. The van der Waals surface area contributed by atoms with Crippen LogP contribution < -0.4 is 4.90 Å². The van der Waals surface area contributed by atoms with Crippen LogP contribution in [0.5, 0.6) is 0 Å². The summed E-state index contributed by atoms with van der Waals surface area (Å²) in [6.45, 7) is 9.74. The molecule has 0 radical (unpaired) electrons. The highest BCUT2D eigenvalue weighted by Gasteiger charge is 2.44. The fourth-order valence-corrected chi connectivity index (χ4v) is 3.54. The monoisotopic (exact) mass is 314 g/mol. The summed E-state index contributed by atoms with van der Waals surface area (Å²) in [4.78, 5) is 1.56. The summed E-state index contributed by atoms with van der Waals surface area (Å²) < 4.78 is 0. The predicted octanol–water partition coefficient (Wildman–Crippen LogP) is 2.77. The first kappa shape index (κ1) is 18.0. The number of benzene rings is 1. The van der Waals surface area contributed by atoms with E-state index in [1.807, 2.05) is 30.3 Å². The first-order valence-electron chi connectivity index (χ1n) is 9.17. The second kappa shape index (κ2) is 7.99. The molecule has 2 N–H and O–H groups in total. The number of hydrogen-bond donors (Lipinski definition) is 2. The molecule has 0 aliphatic carbocycles. The molecule has 0 aromatic heterocycles. The Labute approximate surface area is 141 Å². The van der Waals surface area contributed by atoms with Gasteiger partial charge >= 0.3 is 0 Å². The van der Waals surface area contributed by atoms with Gasteiger partial charge in [-0.05, 0) is 43.6 Å². The van der Waals surface area contributed by atoms with Crippen LogP contribution >= 0.6 is 0 Å². The van der Waals surface area contributed by atoms with Crippen molar-refractivity contribution in [3.05, 3.63) is 35.9 Å². The van der Waals surface area contributed by atoms with Crippen molar-refractivity contribution in [2.45, 2.75) is 58.5 Å². The molecule has 126 valence electrons. The zero-order valence-corrected chi connectivity index (χ0v) is 15.0. The highest BCUT2D eigenvalue weighted by molar-refractivity contribution is 5.35. The molecular formula is C21H32NO+. The highest BCUT2D eigenvalue weighted by atomic mass is 16.3. The SMILES string of the molecule is CCC(C)(CC)[C@](O)(C#CC[NH+]1CCCCC1)c1ccccc1. The van der Waals surface area contributed by atoms with E-state index >= 15 is 0 Å². The predicted molar refractivity (Wildman–Crippen MR) is 96.2 cm³/mol. The molecule has 0 spiro atoms. The van der Waals surface area contributed by atoms with Gasteiger partial charge in [0.05, 0.1) is 13.1 Å². The molecule has 1 aromatic rings. The topological polar surface area (TPSA) is 24.7 Å². The van der Waals surface area contributed by atoms with E-state index in [4.69, 9.17) is 0 Å². The summed E-state index contributed by atoms with van der Waals surface area (Å²) in [6.07, 6.45) is 5.78. The van der Waals surface area contributed by atoms with Crippen molar-refractivity contribution < 1.29 is 10.0 Å². The Bertz CT molecular complexity index is 532. The Morgan fingerprint density at radius 1 is 1.04 bits per heavy atom. The molecule has 2 rings (SSSR count). The van der Waals surface area contributed by atoms with E-state index in [0.717, 1.165) is 24.9 Å². The first-order valence-corrected chi connectivity index (χ1v) is 9.17. The van der Waals surface area contributed by atoms with Crippen molar-refractivity contribution in [2.75, 3.05) is 19.6 Å². The number of piperidine rings is 1. The van der Waals surface area contributed by atoms with Crippen LogP contribution in [0.4, 0.5) is 0 Å². The van der Waals surface area contributed by atoms with Crippen molar-refractivity contribution in [1.29, 1.82) is 0 Å². The lowest BCUT2D eigenvalue weighted by molar-refractivity contribution is -0.897. The van der Waals surface area contributed by atoms with Crippen LogP contribution in [0.2, 0.25) is 0 Å². The third-order valence-electron chi connectivity index (χ3n) is 5.79. The second-order valence-corrected chi connectivity index (χ2v) is 7.13. The molecule has 0 bridgehead atoms. The van der Waals surface area contributed by atoms with Crippen LogP contribution in [0, 0.1) is 17.3 Å². The minimum atomic E-state index is -1.08. The van der Waals surface area contributed by atoms with E-state index in [1.54, 1.807) is 4.90 Å². The zero-order chi connectivity index (χ0) is 16.8. The first-order chi connectivity index (χ1) is 11.1. The third kappa shape index (κ3) is 3.97. The molecular weight excluding hydrogens is 282 g/mol. The summed E-state index contributed by atoms with van der Waals surface area (Å²) in [5.74, 6) is 6.62. The Kier molecular flexibility index (Phi) is 6.27. The van der Waals surface area contributed by atoms with Gasteiger partial charge in [0.2, 0.25) is 0 Å². The zero-order valence-electron chi connectivity index (χ0n) is 15.0. The summed E-state index contributed by atoms with van der Waals surface area (Å²) in [5, 5.41) is 11.5. The molecule has 1 saturated heterocycles. The average molecular weight is 314 g/mol. The molecule has 1 heterocycles. The Hall–Kier alpha value is -1.30. The summed E-state index contributed by atoms with van der Waals surface area (Å²) in [5.41, 5.74) is -0.390. The van der Waals surface area contributed by atoms with Gasteiger partial charge in [0.1, 0.15) is 6.54 Å². The quantitative estimate of drug-likeness (QED) is 0.803. The fourth-order valence-electron chi connectivity index (χ4n) is 3.54. The highest BCUT2D eigenvalue weighted by Crippen LogP contribution is 2.44. The standard InChI is InChI=1S/C21H31NO/c1-4-20(3,5-2)21(23,19-13-8-6-9-14-19)15-12-18-22-16-10-7-11-17-22/h6,8-9,13-14,23H,4-5,7,10-11,16-18H2,1-3H3/p+1/t21-/m0/s1.